The molecule has 2 saturated heterocycles. The van der Waals surface area contributed by atoms with E-state index in [0.717, 1.165) is 0 Å². The summed E-state index contributed by atoms with van der Waals surface area (Å²) in [6.45, 7) is 2.45. The van der Waals surface area contributed by atoms with Gasteiger partial charge >= 0.3 is 6.09 Å². The van der Waals surface area contributed by atoms with Gasteiger partial charge in [-0.1, -0.05) is 0 Å². The number of aliphatic hydroxyl groups excluding tert-OH is 2. The van der Waals surface area contributed by atoms with E-state index in [-0.39, 0.29) is 49.3 Å². The number of fused-ring (bicyclic) bond motifs is 1. The van der Waals surface area contributed by atoms with Crippen LogP contribution in [0.4, 0.5) is 20.6 Å². The van der Waals surface area contributed by atoms with Crippen molar-refractivity contribution in [2.75, 3.05) is 49.2 Å². The van der Waals surface area contributed by atoms with Crippen molar-refractivity contribution in [1.82, 2.24) is 5.32 Å². The number of hydrogen-bond donors (Lipinski definition) is 4. The van der Waals surface area contributed by atoms with Crippen LogP contribution in [0, 0.1) is 29.0 Å². The molecule has 32 heavy (non-hydrogen) atoms. The Morgan fingerprint density at radius 3 is 2.72 bits per heavy atom. The minimum Gasteiger partial charge on any atom is -0.478 e. The second-order valence-electron chi connectivity index (χ2n) is 8.46. The zero-order valence-corrected chi connectivity index (χ0v) is 17.7. The van der Waals surface area contributed by atoms with Crippen LogP contribution in [0.1, 0.15) is 6.92 Å². The standard InChI is InChI=1S/C21H27FN4O6/c1-11(28)24-5-14-6-26(21(30)32-14)12-2-3-18(17(22)4-12)25-7-15-16(8-25)19(15)20(23)31-10-13(29)9-27/h2-4,13-16,19,23,27,29H,5-10H2,1H3,(H,24,28)/t13?,14-,15-,16+,19?/m0/s1. The van der Waals surface area contributed by atoms with E-state index in [0.29, 0.717) is 24.5 Å². The van der Waals surface area contributed by atoms with E-state index in [2.05, 4.69) is 5.32 Å². The number of carbonyl (C=O) groups excluding carboxylic acids is 2. The average molecular weight is 450 g/mol. The Morgan fingerprint density at radius 1 is 1.38 bits per heavy atom. The molecule has 2 amide bonds. The lowest BCUT2D eigenvalue weighted by molar-refractivity contribution is -0.119. The summed E-state index contributed by atoms with van der Waals surface area (Å²) >= 11 is 0. The van der Waals surface area contributed by atoms with Gasteiger partial charge in [0, 0.05) is 25.9 Å². The normalized spacial score (nSPS) is 27.1. The Labute approximate surface area is 184 Å². The molecule has 1 aromatic rings. The minimum absolute atomic E-state index is 0.0422. The Balaban J connectivity index is 1.32. The van der Waals surface area contributed by atoms with E-state index >= 15 is 0 Å². The number of rotatable bonds is 8. The lowest BCUT2D eigenvalue weighted by Gasteiger charge is -2.24. The van der Waals surface area contributed by atoms with Gasteiger partial charge in [0.25, 0.3) is 0 Å². The van der Waals surface area contributed by atoms with Crippen LogP contribution in [-0.2, 0) is 14.3 Å². The Bertz CT molecular complexity index is 902. The van der Waals surface area contributed by atoms with E-state index in [4.69, 9.17) is 20.0 Å². The summed E-state index contributed by atoms with van der Waals surface area (Å²) in [6, 6.07) is 4.61. The molecule has 4 N–H and O–H groups in total. The van der Waals surface area contributed by atoms with Gasteiger partial charge in [-0.2, -0.15) is 0 Å². The highest BCUT2D eigenvalue weighted by Gasteiger charge is 2.59. The van der Waals surface area contributed by atoms with E-state index < -0.39 is 30.7 Å². The molecule has 3 fully saturated rings. The minimum atomic E-state index is -1.01. The first-order valence-corrected chi connectivity index (χ1v) is 10.6. The van der Waals surface area contributed by atoms with Crippen LogP contribution in [0.25, 0.3) is 0 Å². The highest BCUT2D eigenvalue weighted by Crippen LogP contribution is 2.53. The molecule has 0 spiro atoms. The molecule has 11 heteroatoms. The number of cyclic esters (lactones) is 1. The van der Waals surface area contributed by atoms with Crippen molar-refractivity contribution in [2.24, 2.45) is 17.8 Å². The molecule has 1 saturated carbocycles. The van der Waals surface area contributed by atoms with Crippen molar-refractivity contribution >= 4 is 29.3 Å². The van der Waals surface area contributed by atoms with E-state index in [1.807, 2.05) is 4.90 Å². The molecule has 2 aliphatic heterocycles. The summed E-state index contributed by atoms with van der Waals surface area (Å²) in [6.07, 6.45) is -2.08. The summed E-state index contributed by atoms with van der Waals surface area (Å²) in [7, 11) is 0. The molecular weight excluding hydrogens is 423 g/mol. The maximum Gasteiger partial charge on any atom is 0.414 e. The number of nitrogens with one attached hydrogen (secondary N) is 2. The molecule has 174 valence electrons. The lowest BCUT2D eigenvalue weighted by Crippen LogP contribution is -2.33. The first kappa shape index (κ1) is 22.3. The van der Waals surface area contributed by atoms with Crippen LogP contribution in [0.15, 0.2) is 18.2 Å². The van der Waals surface area contributed by atoms with Crippen molar-refractivity contribution < 1.29 is 33.7 Å². The number of anilines is 2. The summed E-state index contributed by atoms with van der Waals surface area (Å²) < 4.78 is 25.4. The van der Waals surface area contributed by atoms with Gasteiger partial charge in [0.2, 0.25) is 5.91 Å². The third-order valence-corrected chi connectivity index (χ3v) is 6.18. The van der Waals surface area contributed by atoms with Crippen molar-refractivity contribution in [3.05, 3.63) is 24.0 Å². The van der Waals surface area contributed by atoms with Gasteiger partial charge in [-0.05, 0) is 30.0 Å². The van der Waals surface area contributed by atoms with Crippen LogP contribution >= 0.6 is 0 Å². The Hall–Kier alpha value is -2.92. The molecule has 0 radical (unpaired) electrons. The second kappa shape index (κ2) is 8.91. The van der Waals surface area contributed by atoms with E-state index in [1.54, 1.807) is 12.1 Å². The number of halogens is 1. The van der Waals surface area contributed by atoms with Gasteiger partial charge < -0.3 is 29.9 Å². The van der Waals surface area contributed by atoms with Gasteiger partial charge in [0.05, 0.1) is 31.1 Å². The van der Waals surface area contributed by atoms with Crippen molar-refractivity contribution in [3.8, 4) is 0 Å². The number of ether oxygens (including phenoxy) is 2. The molecule has 1 aliphatic carbocycles. The van der Waals surface area contributed by atoms with Crippen LogP contribution in [0.5, 0.6) is 0 Å². The number of carbonyl (C=O) groups is 2. The molecule has 2 heterocycles. The fourth-order valence-corrected chi connectivity index (χ4v) is 4.46. The third-order valence-electron chi connectivity index (χ3n) is 6.18. The third kappa shape index (κ3) is 4.49. The molecule has 5 atom stereocenters. The Kier molecular flexibility index (Phi) is 6.20. The fraction of sp³-hybridized carbons (Fsp3) is 0.571. The highest BCUT2D eigenvalue weighted by molar-refractivity contribution is 5.90. The molecular formula is C21H27FN4O6. The monoisotopic (exact) mass is 450 g/mol. The molecule has 1 aromatic carbocycles. The summed E-state index contributed by atoms with van der Waals surface area (Å²) in [5.41, 5.74) is 0.826. The fourth-order valence-electron chi connectivity index (χ4n) is 4.46. The van der Waals surface area contributed by atoms with Gasteiger partial charge in [0.15, 0.2) is 5.90 Å². The van der Waals surface area contributed by atoms with Gasteiger partial charge in [-0.25, -0.2) is 9.18 Å². The van der Waals surface area contributed by atoms with Crippen LogP contribution in [-0.4, -0.2) is 79.7 Å². The lowest BCUT2D eigenvalue weighted by atomic mass is 10.2. The average Bonchev–Trinajstić information content (AvgIpc) is 3.07. The zero-order valence-electron chi connectivity index (χ0n) is 17.7. The molecule has 3 aliphatic rings. The second-order valence-corrected chi connectivity index (χ2v) is 8.46. The Morgan fingerprint density at radius 2 is 2.09 bits per heavy atom. The number of benzene rings is 1. The first-order valence-electron chi connectivity index (χ1n) is 10.6. The van der Waals surface area contributed by atoms with Crippen molar-refractivity contribution in [1.29, 1.82) is 5.41 Å². The van der Waals surface area contributed by atoms with Crippen LogP contribution in [0.2, 0.25) is 0 Å². The van der Waals surface area contributed by atoms with Crippen molar-refractivity contribution in [2.45, 2.75) is 19.1 Å². The molecule has 0 aromatic heterocycles. The van der Waals surface area contributed by atoms with Gasteiger partial charge in [-0.3, -0.25) is 15.1 Å². The number of piperidine rings is 1. The summed E-state index contributed by atoms with van der Waals surface area (Å²) in [5, 5.41) is 28.8. The molecule has 10 nitrogen and oxygen atoms in total. The molecule has 0 bridgehead atoms. The summed E-state index contributed by atoms with van der Waals surface area (Å²) in [4.78, 5) is 26.4. The number of aliphatic hydroxyl groups is 2. The maximum atomic E-state index is 14.9. The first-order chi connectivity index (χ1) is 15.3. The van der Waals surface area contributed by atoms with Gasteiger partial charge in [-0.15, -0.1) is 0 Å². The van der Waals surface area contributed by atoms with E-state index in [9.17, 15) is 19.1 Å². The number of nitrogens with zero attached hydrogens (tertiary/aromatic N) is 2. The topological polar surface area (TPSA) is 135 Å². The number of hydrogen-bond acceptors (Lipinski definition) is 8. The molecule has 2 unspecified atom stereocenters. The quantitative estimate of drug-likeness (QED) is 0.331. The predicted molar refractivity (Wildman–Crippen MR) is 112 cm³/mol. The number of amides is 2. The summed E-state index contributed by atoms with van der Waals surface area (Å²) in [5.74, 6) is -0.225. The van der Waals surface area contributed by atoms with E-state index in [1.165, 1.54) is 17.9 Å². The predicted octanol–water partition coefficient (Wildman–Crippen LogP) is 0.316. The largest absolute Gasteiger partial charge is 0.478 e. The smallest absolute Gasteiger partial charge is 0.414 e. The zero-order chi connectivity index (χ0) is 23.0. The van der Waals surface area contributed by atoms with Gasteiger partial charge in [0.1, 0.15) is 24.6 Å². The highest BCUT2D eigenvalue weighted by atomic mass is 19.1. The van der Waals surface area contributed by atoms with Crippen LogP contribution < -0.4 is 15.1 Å². The van der Waals surface area contributed by atoms with Crippen LogP contribution in [0.3, 0.4) is 0 Å². The van der Waals surface area contributed by atoms with Crippen molar-refractivity contribution in [3.63, 3.8) is 0 Å². The SMILES string of the molecule is CC(=O)NC[C@H]1CN(c2ccc(N3C[C@@H]4C(C(=N)OCC(O)CO)[C@@H]4C3)c(F)c2)C(=O)O1. The molecule has 4 rings (SSSR count). The maximum absolute atomic E-state index is 14.9.